The Hall–Kier alpha value is -3.87. The van der Waals surface area contributed by atoms with E-state index in [0.717, 1.165) is 35.4 Å². The highest BCUT2D eigenvalue weighted by Crippen LogP contribution is 2.19. The monoisotopic (exact) mass is 398 g/mol. The predicted molar refractivity (Wildman–Crippen MR) is 119 cm³/mol. The zero-order valence-electron chi connectivity index (χ0n) is 16.7. The van der Waals surface area contributed by atoms with E-state index in [4.69, 9.17) is 0 Å². The smallest absolute Gasteiger partial charge is 0.274 e. The molecule has 0 saturated heterocycles. The van der Waals surface area contributed by atoms with Crippen LogP contribution < -0.4 is 5.32 Å². The average molecular weight is 398 g/mol. The maximum absolute atomic E-state index is 12.8. The number of aromatic nitrogens is 2. The van der Waals surface area contributed by atoms with E-state index in [1.165, 1.54) is 0 Å². The Morgan fingerprint density at radius 3 is 2.80 bits per heavy atom. The Morgan fingerprint density at radius 2 is 1.97 bits per heavy atom. The van der Waals surface area contributed by atoms with Crippen LogP contribution in [0.5, 0.6) is 0 Å². The third kappa shape index (κ3) is 4.57. The molecule has 7 nitrogen and oxygen atoms in total. The summed E-state index contributed by atoms with van der Waals surface area (Å²) in [5.41, 5.74) is 4.66. The molecule has 30 heavy (non-hydrogen) atoms. The number of anilines is 1. The van der Waals surface area contributed by atoms with Gasteiger partial charge in [0.1, 0.15) is 12.0 Å². The Labute approximate surface area is 175 Å². The first kappa shape index (κ1) is 19.4. The van der Waals surface area contributed by atoms with Crippen molar-refractivity contribution in [2.24, 2.45) is 10.2 Å². The Kier molecular flexibility index (Phi) is 5.89. The second kappa shape index (κ2) is 9.09. The fourth-order valence-corrected chi connectivity index (χ4v) is 3.25. The molecule has 1 aliphatic rings. The first-order valence-corrected chi connectivity index (χ1v) is 9.85. The maximum Gasteiger partial charge on any atom is 0.274 e. The molecule has 1 aliphatic heterocycles. The van der Waals surface area contributed by atoms with E-state index in [1.807, 2.05) is 42.5 Å². The van der Waals surface area contributed by atoms with Gasteiger partial charge in [-0.25, -0.2) is 0 Å². The number of benzene rings is 1. The molecule has 0 saturated carbocycles. The molecule has 150 valence electrons. The van der Waals surface area contributed by atoms with E-state index < -0.39 is 0 Å². The van der Waals surface area contributed by atoms with Crippen molar-refractivity contribution >= 4 is 23.6 Å². The number of rotatable bonds is 6. The lowest BCUT2D eigenvalue weighted by atomic mass is 10.1. The van der Waals surface area contributed by atoms with Gasteiger partial charge < -0.3 is 10.2 Å². The summed E-state index contributed by atoms with van der Waals surface area (Å²) in [6.07, 6.45) is 7.91. The van der Waals surface area contributed by atoms with Crippen LogP contribution in [0.2, 0.25) is 0 Å². The summed E-state index contributed by atoms with van der Waals surface area (Å²) < 4.78 is 0. The quantitative estimate of drug-likeness (QED) is 0.684. The lowest BCUT2D eigenvalue weighted by Gasteiger charge is -2.22. The van der Waals surface area contributed by atoms with Gasteiger partial charge in [-0.3, -0.25) is 14.8 Å². The fraction of sp³-hybridized carbons (Fsp3) is 0.174. The van der Waals surface area contributed by atoms with E-state index in [9.17, 15) is 4.79 Å². The van der Waals surface area contributed by atoms with E-state index in [2.05, 4.69) is 37.3 Å². The minimum Gasteiger partial charge on any atom is -0.355 e. The number of hydrogen-bond acceptors (Lipinski definition) is 6. The summed E-state index contributed by atoms with van der Waals surface area (Å²) in [7, 11) is 0. The lowest BCUT2D eigenvalue weighted by molar-refractivity contribution is 0.102. The highest BCUT2D eigenvalue weighted by atomic mass is 16.1. The lowest BCUT2D eigenvalue weighted by Crippen LogP contribution is -2.32. The third-order valence-corrected chi connectivity index (χ3v) is 4.70. The van der Waals surface area contributed by atoms with Gasteiger partial charge in [-0.1, -0.05) is 25.1 Å². The summed E-state index contributed by atoms with van der Waals surface area (Å²) in [6, 6.07) is 15.1. The van der Waals surface area contributed by atoms with Crippen LogP contribution in [0.4, 0.5) is 5.69 Å². The molecule has 0 unspecified atom stereocenters. The third-order valence-electron chi connectivity index (χ3n) is 4.70. The van der Waals surface area contributed by atoms with Gasteiger partial charge in [0, 0.05) is 41.9 Å². The van der Waals surface area contributed by atoms with Gasteiger partial charge in [0.2, 0.25) is 0 Å². The Bertz CT molecular complexity index is 1090. The number of carbonyl (C=O) groups excluding carboxylic acids is 1. The van der Waals surface area contributed by atoms with Gasteiger partial charge in [-0.2, -0.15) is 5.10 Å². The van der Waals surface area contributed by atoms with Gasteiger partial charge >= 0.3 is 0 Å². The van der Waals surface area contributed by atoms with Crippen LogP contribution in [0.1, 0.15) is 29.4 Å². The molecule has 0 radical (unpaired) electrons. The van der Waals surface area contributed by atoms with Crippen molar-refractivity contribution in [2.45, 2.75) is 13.3 Å². The number of nitrogens with one attached hydrogen (secondary N) is 1. The summed E-state index contributed by atoms with van der Waals surface area (Å²) in [5.74, 6) is -0.269. The minimum atomic E-state index is -0.269. The molecule has 0 fully saturated rings. The molecule has 2 aromatic heterocycles. The topological polar surface area (TPSA) is 82.8 Å². The van der Waals surface area contributed by atoms with Gasteiger partial charge in [0.25, 0.3) is 5.91 Å². The molecule has 0 aliphatic carbocycles. The number of carbonyl (C=O) groups is 1. The van der Waals surface area contributed by atoms with E-state index in [0.29, 0.717) is 17.9 Å². The minimum absolute atomic E-state index is 0.269. The highest BCUT2D eigenvalue weighted by molar-refractivity contribution is 6.06. The number of pyridine rings is 2. The molecule has 0 bridgehead atoms. The van der Waals surface area contributed by atoms with Crippen molar-refractivity contribution in [1.82, 2.24) is 14.9 Å². The molecule has 1 aromatic carbocycles. The van der Waals surface area contributed by atoms with Crippen molar-refractivity contribution in [1.29, 1.82) is 0 Å². The van der Waals surface area contributed by atoms with Gasteiger partial charge in [0.05, 0.1) is 12.3 Å². The van der Waals surface area contributed by atoms with Crippen molar-refractivity contribution in [2.75, 3.05) is 18.4 Å². The van der Waals surface area contributed by atoms with Gasteiger partial charge in [0.15, 0.2) is 0 Å². The number of nitrogens with zero attached hydrogens (tertiary/aromatic N) is 5. The SMILES string of the molecule is CCCN1C=NN=C(c2cccc(NC(=O)c3cc(-c4cccnc4)ccn3)c2)C1. The largest absolute Gasteiger partial charge is 0.355 e. The molecule has 4 rings (SSSR count). The van der Waals surface area contributed by atoms with Crippen molar-refractivity contribution in [3.05, 3.63) is 78.4 Å². The molecule has 3 heterocycles. The predicted octanol–water partition coefficient (Wildman–Crippen LogP) is 3.85. The normalized spacial score (nSPS) is 13.1. The average Bonchev–Trinajstić information content (AvgIpc) is 2.80. The van der Waals surface area contributed by atoms with Crippen LogP contribution >= 0.6 is 0 Å². The van der Waals surface area contributed by atoms with Crippen molar-refractivity contribution in [3.8, 4) is 11.1 Å². The van der Waals surface area contributed by atoms with Crippen LogP contribution in [0.15, 0.2) is 77.3 Å². The molecule has 0 atom stereocenters. The second-order valence-electron chi connectivity index (χ2n) is 6.95. The number of hydrogen-bond donors (Lipinski definition) is 1. The number of amides is 1. The Morgan fingerprint density at radius 1 is 1.07 bits per heavy atom. The van der Waals surface area contributed by atoms with Crippen LogP contribution in [-0.4, -0.2) is 45.9 Å². The Balaban J connectivity index is 1.50. The van der Waals surface area contributed by atoms with Crippen LogP contribution in [-0.2, 0) is 0 Å². The van der Waals surface area contributed by atoms with Crippen LogP contribution in [0.3, 0.4) is 0 Å². The first-order valence-electron chi connectivity index (χ1n) is 9.85. The molecule has 1 N–H and O–H groups in total. The second-order valence-corrected chi connectivity index (χ2v) is 6.95. The van der Waals surface area contributed by atoms with E-state index >= 15 is 0 Å². The highest BCUT2D eigenvalue weighted by Gasteiger charge is 2.14. The molecule has 3 aromatic rings. The standard InChI is InChI=1S/C23H22N6O/c1-2-11-29-15-22(28-26-16-29)18-5-3-7-20(12-18)27-23(30)21-13-17(8-10-25-21)19-6-4-9-24-14-19/h3-10,12-14,16H,2,11,15H2,1H3,(H,27,30). The summed E-state index contributed by atoms with van der Waals surface area (Å²) in [6.45, 7) is 3.76. The first-order chi connectivity index (χ1) is 14.7. The molecular formula is C23H22N6O. The molecule has 0 spiro atoms. The maximum atomic E-state index is 12.8. The van der Waals surface area contributed by atoms with Crippen LogP contribution in [0.25, 0.3) is 11.1 Å². The van der Waals surface area contributed by atoms with E-state index in [1.54, 1.807) is 31.0 Å². The zero-order valence-corrected chi connectivity index (χ0v) is 16.7. The molecule has 7 heteroatoms. The zero-order chi connectivity index (χ0) is 20.8. The summed E-state index contributed by atoms with van der Waals surface area (Å²) in [5, 5.41) is 11.3. The molecule has 1 amide bonds. The van der Waals surface area contributed by atoms with E-state index in [-0.39, 0.29) is 5.91 Å². The summed E-state index contributed by atoms with van der Waals surface area (Å²) in [4.78, 5) is 23.2. The van der Waals surface area contributed by atoms with Crippen molar-refractivity contribution in [3.63, 3.8) is 0 Å². The van der Waals surface area contributed by atoms with Crippen molar-refractivity contribution < 1.29 is 4.79 Å². The summed E-state index contributed by atoms with van der Waals surface area (Å²) >= 11 is 0. The molecular weight excluding hydrogens is 376 g/mol. The van der Waals surface area contributed by atoms with Gasteiger partial charge in [-0.15, -0.1) is 5.10 Å². The van der Waals surface area contributed by atoms with Gasteiger partial charge in [-0.05, 0) is 42.3 Å². The fourth-order valence-electron chi connectivity index (χ4n) is 3.25. The van der Waals surface area contributed by atoms with Crippen LogP contribution in [0, 0.1) is 0 Å².